The van der Waals surface area contributed by atoms with Crippen LogP contribution in [-0.2, 0) is 0 Å². The Morgan fingerprint density at radius 1 is 1.45 bits per heavy atom. The maximum Gasteiger partial charge on any atom is 0.290 e. The second-order valence-electron chi connectivity index (χ2n) is 4.64. The van der Waals surface area contributed by atoms with Gasteiger partial charge in [0.25, 0.3) is 6.04 Å². The largest absolute Gasteiger partial charge is 0.295 e. The van der Waals surface area contributed by atoms with Crippen LogP contribution in [-0.4, -0.2) is 39.6 Å². The Balaban J connectivity index is 1.90. The molecule has 2 atom stereocenters. The molecule has 0 saturated carbocycles. The molecule has 0 aliphatic carbocycles. The molecule has 2 unspecified atom stereocenters. The van der Waals surface area contributed by atoms with E-state index in [1.54, 1.807) is 24.3 Å². The van der Waals surface area contributed by atoms with E-state index >= 15 is 0 Å². The summed E-state index contributed by atoms with van der Waals surface area (Å²) in [6, 6.07) is 6.17. The summed E-state index contributed by atoms with van der Waals surface area (Å²) in [5.74, 6) is 0. The highest BCUT2D eigenvalue weighted by Gasteiger charge is 2.49. The van der Waals surface area contributed by atoms with Crippen LogP contribution in [0.5, 0.6) is 0 Å². The summed E-state index contributed by atoms with van der Waals surface area (Å²) in [4.78, 5) is 15.5. The molecule has 20 heavy (non-hydrogen) atoms. The molecule has 0 radical (unpaired) electrons. The van der Waals surface area contributed by atoms with E-state index in [1.165, 1.54) is 11.9 Å². The normalized spacial score (nSPS) is 28.6. The highest BCUT2D eigenvalue weighted by Crippen LogP contribution is 2.34. The Morgan fingerprint density at radius 3 is 2.90 bits per heavy atom. The van der Waals surface area contributed by atoms with Gasteiger partial charge in [0, 0.05) is 16.5 Å². The number of fused-ring (bicyclic) bond motifs is 1. The fourth-order valence-corrected chi connectivity index (χ4v) is 3.70. The third-order valence-electron chi connectivity index (χ3n) is 3.27. The molecule has 1 aromatic rings. The van der Waals surface area contributed by atoms with Crippen molar-refractivity contribution in [3.63, 3.8) is 0 Å². The van der Waals surface area contributed by atoms with E-state index in [4.69, 9.17) is 11.6 Å². The van der Waals surface area contributed by atoms with Gasteiger partial charge in [0.05, 0.1) is 5.69 Å². The maximum atomic E-state index is 11.3. The van der Waals surface area contributed by atoms with Crippen molar-refractivity contribution in [2.24, 2.45) is 4.99 Å². The molecule has 2 heterocycles. The summed E-state index contributed by atoms with van der Waals surface area (Å²) in [5, 5.41) is 15.7. The van der Waals surface area contributed by atoms with E-state index in [9.17, 15) is 10.1 Å². The minimum absolute atomic E-state index is 0.259. The third kappa shape index (κ3) is 2.67. The number of nitro groups is 1. The predicted molar refractivity (Wildman–Crippen MR) is 80.0 cm³/mol. The van der Waals surface area contributed by atoms with Gasteiger partial charge in [-0.1, -0.05) is 11.6 Å². The molecule has 2 aliphatic rings. The summed E-state index contributed by atoms with van der Waals surface area (Å²) in [7, 11) is 0. The van der Waals surface area contributed by atoms with Gasteiger partial charge in [-0.05, 0) is 49.2 Å². The van der Waals surface area contributed by atoms with E-state index in [0.29, 0.717) is 15.8 Å². The Labute approximate surface area is 125 Å². The highest BCUT2D eigenvalue weighted by molar-refractivity contribution is 8.12. The molecule has 0 aromatic heterocycles. The van der Waals surface area contributed by atoms with Crippen LogP contribution in [0.25, 0.3) is 0 Å². The van der Waals surface area contributed by atoms with E-state index in [-0.39, 0.29) is 11.1 Å². The SMILES string of the molecule is O=[N+]([O-])C1C(=Nc2ccc(Cl)cc2)SN2CCCNC12. The molecular formula is C12H13ClN4O2S. The maximum absolute atomic E-state index is 11.3. The van der Waals surface area contributed by atoms with Gasteiger partial charge in [-0.25, -0.2) is 9.30 Å². The minimum atomic E-state index is -0.809. The van der Waals surface area contributed by atoms with Gasteiger partial charge >= 0.3 is 0 Å². The zero-order valence-corrected chi connectivity index (χ0v) is 12.1. The zero-order valence-electron chi connectivity index (χ0n) is 10.5. The van der Waals surface area contributed by atoms with Gasteiger partial charge in [0.15, 0.2) is 5.04 Å². The van der Waals surface area contributed by atoms with Gasteiger partial charge < -0.3 is 0 Å². The standard InChI is InChI=1S/C12H13ClN4O2S/c13-8-2-4-9(5-3-8)15-12-10(17(18)19)11-14-6-1-7-16(11)20-12/h2-5,10-11,14H,1,6-7H2. The molecule has 1 aromatic carbocycles. The fraction of sp³-hybridized carbons (Fsp3) is 0.417. The molecule has 8 heteroatoms. The van der Waals surface area contributed by atoms with Crippen LogP contribution in [0.4, 0.5) is 5.69 Å². The van der Waals surface area contributed by atoms with E-state index in [2.05, 4.69) is 10.3 Å². The first-order valence-corrected chi connectivity index (χ1v) is 7.46. The smallest absolute Gasteiger partial charge is 0.290 e. The van der Waals surface area contributed by atoms with Crippen molar-refractivity contribution in [3.8, 4) is 0 Å². The first kappa shape index (κ1) is 13.8. The average molecular weight is 313 g/mol. The molecule has 3 rings (SSSR count). The zero-order chi connectivity index (χ0) is 14.1. The van der Waals surface area contributed by atoms with Crippen molar-refractivity contribution in [2.45, 2.75) is 18.6 Å². The number of halogens is 1. The van der Waals surface area contributed by atoms with E-state index in [1.807, 2.05) is 4.31 Å². The van der Waals surface area contributed by atoms with Crippen LogP contribution in [0.15, 0.2) is 29.3 Å². The second kappa shape index (κ2) is 5.69. The van der Waals surface area contributed by atoms with Crippen LogP contribution in [0, 0.1) is 10.1 Å². The molecule has 0 spiro atoms. The molecule has 2 fully saturated rings. The Hall–Kier alpha value is -1.15. The molecule has 2 aliphatic heterocycles. The van der Waals surface area contributed by atoms with Gasteiger partial charge in [0.1, 0.15) is 6.17 Å². The first-order chi connectivity index (χ1) is 9.65. The van der Waals surface area contributed by atoms with Crippen molar-refractivity contribution < 1.29 is 4.92 Å². The Kier molecular flexibility index (Phi) is 3.93. The summed E-state index contributed by atoms with van der Waals surface area (Å²) in [5.41, 5.74) is 0.684. The average Bonchev–Trinajstić information content (AvgIpc) is 2.79. The van der Waals surface area contributed by atoms with E-state index < -0.39 is 6.04 Å². The lowest BCUT2D eigenvalue weighted by Gasteiger charge is -2.27. The van der Waals surface area contributed by atoms with Crippen molar-refractivity contribution >= 4 is 34.3 Å². The van der Waals surface area contributed by atoms with Crippen LogP contribution in [0.1, 0.15) is 6.42 Å². The van der Waals surface area contributed by atoms with Crippen LogP contribution >= 0.6 is 23.5 Å². The minimum Gasteiger partial charge on any atom is -0.295 e. The van der Waals surface area contributed by atoms with Gasteiger partial charge in [-0.15, -0.1) is 0 Å². The van der Waals surface area contributed by atoms with Crippen molar-refractivity contribution in [3.05, 3.63) is 39.4 Å². The molecule has 0 bridgehead atoms. The Bertz CT molecular complexity index is 551. The van der Waals surface area contributed by atoms with Crippen LogP contribution in [0.2, 0.25) is 5.02 Å². The lowest BCUT2D eigenvalue weighted by Crippen LogP contribution is -2.53. The van der Waals surface area contributed by atoms with Gasteiger partial charge in [-0.3, -0.25) is 15.4 Å². The Morgan fingerprint density at radius 2 is 2.20 bits per heavy atom. The van der Waals surface area contributed by atoms with Crippen LogP contribution < -0.4 is 5.32 Å². The molecule has 106 valence electrons. The number of benzene rings is 1. The number of nitrogens with one attached hydrogen (secondary N) is 1. The quantitative estimate of drug-likeness (QED) is 0.515. The number of rotatable bonds is 2. The molecular weight excluding hydrogens is 300 g/mol. The van der Waals surface area contributed by atoms with Crippen molar-refractivity contribution in [1.29, 1.82) is 0 Å². The topological polar surface area (TPSA) is 70.8 Å². The second-order valence-corrected chi connectivity index (χ2v) is 6.15. The number of aliphatic imine (C=N–C) groups is 1. The third-order valence-corrected chi connectivity index (χ3v) is 4.69. The number of hydrogen-bond acceptors (Lipinski definition) is 6. The molecule has 2 saturated heterocycles. The van der Waals surface area contributed by atoms with Gasteiger partial charge in [-0.2, -0.15) is 0 Å². The van der Waals surface area contributed by atoms with Crippen molar-refractivity contribution in [1.82, 2.24) is 9.62 Å². The number of nitrogens with zero attached hydrogens (tertiary/aromatic N) is 3. The van der Waals surface area contributed by atoms with Crippen molar-refractivity contribution in [2.75, 3.05) is 13.1 Å². The summed E-state index contributed by atoms with van der Waals surface area (Å²) in [6.07, 6.45) is 0.720. The molecule has 1 N–H and O–H groups in total. The van der Waals surface area contributed by atoms with Gasteiger partial charge in [0.2, 0.25) is 0 Å². The highest BCUT2D eigenvalue weighted by atomic mass is 35.5. The lowest BCUT2D eigenvalue weighted by atomic mass is 10.2. The predicted octanol–water partition coefficient (Wildman–Crippen LogP) is 2.30. The molecule has 0 amide bonds. The first-order valence-electron chi connectivity index (χ1n) is 6.31. The number of hydrogen-bond donors (Lipinski definition) is 1. The lowest BCUT2D eigenvalue weighted by molar-refractivity contribution is -0.508. The summed E-state index contributed by atoms with van der Waals surface area (Å²) < 4.78 is 2.01. The van der Waals surface area contributed by atoms with E-state index in [0.717, 1.165) is 19.5 Å². The summed E-state index contributed by atoms with van der Waals surface area (Å²) in [6.45, 7) is 1.65. The fourth-order valence-electron chi connectivity index (χ4n) is 2.34. The summed E-state index contributed by atoms with van der Waals surface area (Å²) >= 11 is 7.20. The monoisotopic (exact) mass is 312 g/mol. The van der Waals surface area contributed by atoms with Crippen LogP contribution in [0.3, 0.4) is 0 Å². The molecule has 6 nitrogen and oxygen atoms in total.